The van der Waals surface area contributed by atoms with Gasteiger partial charge < -0.3 is 19.9 Å². The Morgan fingerprint density at radius 3 is 2.63 bits per heavy atom. The highest BCUT2D eigenvalue weighted by Crippen LogP contribution is 2.34. The van der Waals surface area contributed by atoms with Crippen LogP contribution in [0.1, 0.15) is 41.7 Å². The second kappa shape index (κ2) is 12.2. The number of fused-ring (bicyclic) bond motifs is 1. The van der Waals surface area contributed by atoms with Crippen molar-refractivity contribution in [1.82, 2.24) is 20.3 Å². The number of phenols is 1. The molecule has 0 aliphatic carbocycles. The van der Waals surface area contributed by atoms with Gasteiger partial charge in [0.2, 0.25) is 11.8 Å². The minimum Gasteiger partial charge on any atom is -0.504 e. The zero-order chi connectivity index (χ0) is 28.9. The molecule has 3 aromatic carbocycles. The molecule has 2 heterocycles. The fraction of sp³-hybridized carbons (Fsp3) is 0.300. The summed E-state index contributed by atoms with van der Waals surface area (Å²) in [5, 5.41) is 21.5. The molecule has 1 aliphatic heterocycles. The zero-order valence-corrected chi connectivity index (χ0v) is 22.8. The molecular weight excluding hydrogens is 526 g/mol. The van der Waals surface area contributed by atoms with E-state index in [-0.39, 0.29) is 36.5 Å². The molecule has 0 saturated carbocycles. The second-order valence-corrected chi connectivity index (χ2v) is 9.82. The van der Waals surface area contributed by atoms with Crippen molar-refractivity contribution in [1.29, 1.82) is 0 Å². The molecule has 212 valence electrons. The SMILES string of the molecule is COc1cc([C@H](C(=O)NC[C@H]2CCCO2)N(C(=O)Cn2nnc3ccccc32)c2ccc(C(C)=O)cc2)ccc1O. The number of methoxy groups -OCH3 is 1. The number of carbonyl (C=O) groups is 3. The van der Waals surface area contributed by atoms with Crippen LogP contribution in [0, 0.1) is 0 Å². The normalized spacial score (nSPS) is 15.4. The minimum absolute atomic E-state index is 0.104. The van der Waals surface area contributed by atoms with Crippen LogP contribution >= 0.6 is 0 Å². The van der Waals surface area contributed by atoms with Crippen LogP contribution in [-0.4, -0.2) is 64.1 Å². The van der Waals surface area contributed by atoms with E-state index in [1.807, 2.05) is 18.2 Å². The maximum Gasteiger partial charge on any atom is 0.249 e. The van der Waals surface area contributed by atoms with E-state index in [1.165, 1.54) is 35.7 Å². The van der Waals surface area contributed by atoms with Crippen LogP contribution in [0.3, 0.4) is 0 Å². The topological polar surface area (TPSA) is 136 Å². The molecule has 1 fully saturated rings. The lowest BCUT2D eigenvalue weighted by molar-refractivity contribution is -0.127. The summed E-state index contributed by atoms with van der Waals surface area (Å²) >= 11 is 0. The van der Waals surface area contributed by atoms with Crippen molar-refractivity contribution in [2.45, 2.75) is 38.5 Å². The highest BCUT2D eigenvalue weighted by molar-refractivity contribution is 6.02. The van der Waals surface area contributed by atoms with Crippen molar-refractivity contribution in [3.05, 3.63) is 77.9 Å². The van der Waals surface area contributed by atoms with Gasteiger partial charge in [0.15, 0.2) is 17.3 Å². The Morgan fingerprint density at radius 1 is 1.15 bits per heavy atom. The quantitative estimate of drug-likeness (QED) is 0.283. The van der Waals surface area contributed by atoms with Crippen LogP contribution in [0.5, 0.6) is 11.5 Å². The summed E-state index contributed by atoms with van der Waals surface area (Å²) in [4.78, 5) is 41.4. The maximum atomic E-state index is 14.2. The Bertz CT molecular complexity index is 1560. The summed E-state index contributed by atoms with van der Waals surface area (Å²) in [5.41, 5.74) is 2.57. The van der Waals surface area contributed by atoms with Crippen LogP contribution in [0.25, 0.3) is 11.0 Å². The molecule has 4 aromatic rings. The third-order valence-corrected chi connectivity index (χ3v) is 7.08. The van der Waals surface area contributed by atoms with Gasteiger partial charge in [-0.25, -0.2) is 4.68 Å². The first-order valence-electron chi connectivity index (χ1n) is 13.3. The van der Waals surface area contributed by atoms with Crippen LogP contribution in [-0.2, 0) is 20.9 Å². The summed E-state index contributed by atoms with van der Waals surface area (Å²) in [6.07, 6.45) is 1.62. The number of aromatic nitrogens is 3. The van der Waals surface area contributed by atoms with Gasteiger partial charge in [0.05, 0.1) is 18.7 Å². The molecule has 1 aliphatic rings. The van der Waals surface area contributed by atoms with Crippen molar-refractivity contribution in [2.75, 3.05) is 25.2 Å². The molecule has 2 amide bonds. The Labute approximate surface area is 236 Å². The number of benzene rings is 3. The number of carbonyl (C=O) groups excluding carboxylic acids is 3. The Balaban J connectivity index is 1.58. The van der Waals surface area contributed by atoms with E-state index >= 15 is 0 Å². The predicted octanol–water partition coefficient (Wildman–Crippen LogP) is 3.42. The fourth-order valence-corrected chi connectivity index (χ4v) is 4.93. The van der Waals surface area contributed by atoms with Crippen molar-refractivity contribution < 1.29 is 29.0 Å². The van der Waals surface area contributed by atoms with E-state index in [4.69, 9.17) is 9.47 Å². The number of hydrogen-bond acceptors (Lipinski definition) is 8. The van der Waals surface area contributed by atoms with Crippen LogP contribution in [0.4, 0.5) is 5.69 Å². The first-order chi connectivity index (χ1) is 19.9. The number of rotatable bonds is 10. The van der Waals surface area contributed by atoms with Gasteiger partial charge in [-0.05, 0) is 73.9 Å². The molecule has 41 heavy (non-hydrogen) atoms. The fourth-order valence-electron chi connectivity index (χ4n) is 4.93. The van der Waals surface area contributed by atoms with Gasteiger partial charge in [-0.3, -0.25) is 19.3 Å². The van der Waals surface area contributed by atoms with Gasteiger partial charge in [-0.1, -0.05) is 23.4 Å². The number of anilines is 1. The van der Waals surface area contributed by atoms with Crippen LogP contribution in [0.15, 0.2) is 66.7 Å². The first-order valence-corrected chi connectivity index (χ1v) is 13.3. The molecule has 1 saturated heterocycles. The van der Waals surface area contributed by atoms with Crippen molar-refractivity contribution in [3.63, 3.8) is 0 Å². The van der Waals surface area contributed by atoms with E-state index in [1.54, 1.807) is 36.4 Å². The van der Waals surface area contributed by atoms with E-state index in [2.05, 4.69) is 15.6 Å². The lowest BCUT2D eigenvalue weighted by Gasteiger charge is -2.32. The molecule has 2 atom stereocenters. The third-order valence-electron chi connectivity index (χ3n) is 7.08. The standard InChI is InChI=1S/C30H31N5O6/c1-19(36)20-9-12-22(13-10-20)35(28(38)18-34-25-8-4-3-7-24(25)32-33-34)29(21-11-14-26(37)27(16-21)40-2)30(39)31-17-23-6-5-15-41-23/h3-4,7-14,16,23,29,37H,5-6,15,17-18H2,1-2H3,(H,31,39)/t23-,29-/m1/s1. The van der Waals surface area contributed by atoms with Gasteiger partial charge >= 0.3 is 0 Å². The van der Waals surface area contributed by atoms with Crippen LogP contribution < -0.4 is 15.0 Å². The number of ketones is 1. The Morgan fingerprint density at radius 2 is 1.93 bits per heavy atom. The lowest BCUT2D eigenvalue weighted by Crippen LogP contribution is -2.46. The zero-order valence-electron chi connectivity index (χ0n) is 22.8. The summed E-state index contributed by atoms with van der Waals surface area (Å²) in [6.45, 7) is 2.17. The van der Waals surface area contributed by atoms with Gasteiger partial charge in [0, 0.05) is 24.4 Å². The molecule has 5 rings (SSSR count). The van der Waals surface area contributed by atoms with Gasteiger partial charge in [-0.2, -0.15) is 0 Å². The van der Waals surface area contributed by atoms with E-state index in [9.17, 15) is 19.5 Å². The summed E-state index contributed by atoms with van der Waals surface area (Å²) in [5.74, 6) is -0.965. The highest BCUT2D eigenvalue weighted by Gasteiger charge is 2.34. The largest absolute Gasteiger partial charge is 0.504 e. The second-order valence-electron chi connectivity index (χ2n) is 9.82. The average molecular weight is 558 g/mol. The molecule has 11 nitrogen and oxygen atoms in total. The van der Waals surface area contributed by atoms with Crippen molar-refractivity contribution in [2.24, 2.45) is 0 Å². The number of ether oxygens (including phenoxy) is 2. The number of phenolic OH excluding ortho intramolecular Hbond substituents is 1. The van der Waals surface area contributed by atoms with E-state index < -0.39 is 17.9 Å². The molecule has 0 radical (unpaired) electrons. The number of para-hydroxylation sites is 1. The average Bonchev–Trinajstić information content (AvgIpc) is 3.65. The number of nitrogens with one attached hydrogen (secondary N) is 1. The van der Waals surface area contributed by atoms with Crippen molar-refractivity contribution in [3.8, 4) is 11.5 Å². The molecule has 0 unspecified atom stereocenters. The predicted molar refractivity (Wildman–Crippen MR) is 151 cm³/mol. The highest BCUT2D eigenvalue weighted by atomic mass is 16.5. The van der Waals surface area contributed by atoms with E-state index in [0.717, 1.165) is 12.8 Å². The van der Waals surface area contributed by atoms with Gasteiger partial charge in [0.1, 0.15) is 18.1 Å². The summed E-state index contributed by atoms with van der Waals surface area (Å²) in [7, 11) is 1.41. The summed E-state index contributed by atoms with van der Waals surface area (Å²) < 4.78 is 12.5. The lowest BCUT2D eigenvalue weighted by atomic mass is 10.0. The van der Waals surface area contributed by atoms with Gasteiger partial charge in [-0.15, -0.1) is 5.10 Å². The molecule has 0 spiro atoms. The monoisotopic (exact) mass is 557 g/mol. The summed E-state index contributed by atoms with van der Waals surface area (Å²) in [6, 6.07) is 17.1. The molecule has 2 N–H and O–H groups in total. The number of nitrogens with zero attached hydrogens (tertiary/aromatic N) is 4. The third kappa shape index (κ3) is 6.04. The Hall–Kier alpha value is -4.77. The molecule has 1 aromatic heterocycles. The molecule has 0 bridgehead atoms. The smallest absolute Gasteiger partial charge is 0.249 e. The number of aromatic hydroxyl groups is 1. The number of amides is 2. The van der Waals surface area contributed by atoms with E-state index in [0.29, 0.717) is 34.5 Å². The molecule has 11 heteroatoms. The minimum atomic E-state index is -1.16. The van der Waals surface area contributed by atoms with Crippen molar-refractivity contribution >= 4 is 34.3 Å². The van der Waals surface area contributed by atoms with Gasteiger partial charge in [0.25, 0.3) is 0 Å². The number of Topliss-reactive ketones (excluding diaryl/α,β-unsaturated/α-hetero) is 1. The maximum absolute atomic E-state index is 14.2. The first kappa shape index (κ1) is 27.8. The Kier molecular flexibility index (Phi) is 8.25. The van der Waals surface area contributed by atoms with Crippen LogP contribution in [0.2, 0.25) is 0 Å². The number of hydrogen-bond donors (Lipinski definition) is 2. The molecular formula is C30H31N5O6.